The molecule has 0 saturated carbocycles. The number of amides is 4. The molecule has 5 N–H and O–H groups in total. The Labute approximate surface area is 123 Å². The van der Waals surface area contributed by atoms with Gasteiger partial charge in [-0.15, -0.1) is 0 Å². The van der Waals surface area contributed by atoms with E-state index in [1.54, 1.807) is 6.07 Å². The van der Waals surface area contributed by atoms with Gasteiger partial charge in [-0.1, -0.05) is 6.07 Å². The minimum atomic E-state index is -0.879. The van der Waals surface area contributed by atoms with Crippen LogP contribution in [-0.2, 0) is 22.4 Å². The molecule has 2 aliphatic rings. The predicted molar refractivity (Wildman–Crippen MR) is 76.7 cm³/mol. The van der Waals surface area contributed by atoms with Crippen molar-refractivity contribution in [3.8, 4) is 0 Å². The van der Waals surface area contributed by atoms with Crippen LogP contribution in [-0.4, -0.2) is 38.3 Å². The molecule has 3 radical (unpaired) electrons. The van der Waals surface area contributed by atoms with Crippen molar-refractivity contribution in [1.29, 1.82) is 0 Å². The van der Waals surface area contributed by atoms with E-state index < -0.39 is 11.6 Å². The van der Waals surface area contributed by atoms with E-state index in [1.165, 1.54) is 0 Å². The van der Waals surface area contributed by atoms with Crippen molar-refractivity contribution in [3.63, 3.8) is 0 Å². The summed E-state index contributed by atoms with van der Waals surface area (Å²) in [5, 5.41) is 7.62. The Morgan fingerprint density at radius 2 is 2.00 bits per heavy atom. The first-order valence-corrected chi connectivity index (χ1v) is 6.28. The Kier molecular flexibility index (Phi) is 3.74. The van der Waals surface area contributed by atoms with Crippen molar-refractivity contribution in [2.45, 2.75) is 18.4 Å². The van der Waals surface area contributed by atoms with Crippen LogP contribution in [0.2, 0.25) is 0 Å². The lowest BCUT2D eigenvalue weighted by molar-refractivity contribution is -0.123. The third kappa shape index (κ3) is 2.49. The van der Waals surface area contributed by atoms with Crippen molar-refractivity contribution in [2.75, 3.05) is 11.9 Å². The summed E-state index contributed by atoms with van der Waals surface area (Å²) in [5.74, 6) is -0.573. The number of benzene rings is 1. The Morgan fingerprint density at radius 3 is 2.62 bits per heavy atom. The molecule has 107 valence electrons. The van der Waals surface area contributed by atoms with Gasteiger partial charge in [0.2, 0.25) is 5.91 Å². The van der Waals surface area contributed by atoms with E-state index in [1.807, 2.05) is 12.1 Å². The monoisotopic (exact) mass is 285 g/mol. The molecule has 1 unspecified atom stereocenters. The number of carbonyl (C=O) groups excluding carboxylic acids is 3. The summed E-state index contributed by atoms with van der Waals surface area (Å²) in [6.45, 7) is -0.0838. The van der Waals surface area contributed by atoms with Gasteiger partial charge in [-0.05, 0) is 23.3 Å². The van der Waals surface area contributed by atoms with Gasteiger partial charge in [0.1, 0.15) is 5.54 Å². The molecule has 1 atom stereocenters. The molecule has 1 aromatic carbocycles. The van der Waals surface area contributed by atoms with E-state index in [0.29, 0.717) is 18.5 Å². The first kappa shape index (κ1) is 15.1. The van der Waals surface area contributed by atoms with E-state index in [2.05, 4.69) is 16.0 Å². The van der Waals surface area contributed by atoms with Gasteiger partial charge in [0.25, 0.3) is 5.91 Å². The number of imide groups is 1. The predicted octanol–water partition coefficient (Wildman–Crippen LogP) is -1.12. The fraction of sp³-hybridized carbons (Fsp3) is 0.308. The van der Waals surface area contributed by atoms with Crippen LogP contribution in [0.1, 0.15) is 11.1 Å². The molecule has 21 heavy (non-hydrogen) atoms. The van der Waals surface area contributed by atoms with Crippen LogP contribution in [0, 0.1) is 0 Å². The Bertz CT molecular complexity index is 634. The number of carbonyl (C=O) groups is 3. The number of hydrogen-bond acceptors (Lipinski definition) is 4. The van der Waals surface area contributed by atoms with Crippen molar-refractivity contribution < 1.29 is 14.4 Å². The highest BCUT2D eigenvalue weighted by molar-refractivity contribution is 6.07. The number of nitrogens with one attached hydrogen (secondary N) is 3. The molecule has 1 heterocycles. The lowest BCUT2D eigenvalue weighted by Crippen LogP contribution is -2.47. The van der Waals surface area contributed by atoms with Crippen molar-refractivity contribution in [2.24, 2.45) is 5.73 Å². The Morgan fingerprint density at radius 1 is 1.29 bits per heavy atom. The quantitative estimate of drug-likeness (QED) is 0.407. The molecule has 7 nitrogen and oxygen atoms in total. The lowest BCUT2D eigenvalue weighted by atomic mass is 9.96. The molecule has 1 fully saturated rings. The number of rotatable bonds is 2. The van der Waals surface area contributed by atoms with Crippen molar-refractivity contribution in [1.82, 2.24) is 10.6 Å². The van der Waals surface area contributed by atoms with Crippen LogP contribution in [0.5, 0.6) is 0 Å². The number of hydrogen-bond donors (Lipinski definition) is 4. The molecule has 1 aliphatic heterocycles. The van der Waals surface area contributed by atoms with Gasteiger partial charge in [0.15, 0.2) is 0 Å². The molecule has 1 aromatic rings. The van der Waals surface area contributed by atoms with Gasteiger partial charge < -0.3 is 16.4 Å². The second-order valence-corrected chi connectivity index (χ2v) is 5.08. The summed E-state index contributed by atoms with van der Waals surface area (Å²) in [5.41, 5.74) is 6.94. The summed E-state index contributed by atoms with van der Waals surface area (Å²) in [7, 11) is 0. The SMILES string of the molecule is NCC(=O)Nc1ccc2c(c1)CC1(C2)NC(=O)NC1=O.[B]. The third-order valence-electron chi connectivity index (χ3n) is 3.67. The Balaban J connectivity index is 0.00000161. The minimum absolute atomic E-state index is 0. The van der Waals surface area contributed by atoms with Gasteiger partial charge in [-0.2, -0.15) is 0 Å². The molecule has 3 rings (SSSR count). The highest BCUT2D eigenvalue weighted by Crippen LogP contribution is 2.33. The summed E-state index contributed by atoms with van der Waals surface area (Å²) in [6.07, 6.45) is 0.886. The van der Waals surface area contributed by atoms with Crippen LogP contribution in [0.15, 0.2) is 18.2 Å². The number of anilines is 1. The van der Waals surface area contributed by atoms with E-state index in [9.17, 15) is 14.4 Å². The molecular formula is C13H14BN4O3. The molecule has 1 saturated heterocycles. The molecule has 4 amide bonds. The average molecular weight is 285 g/mol. The maximum Gasteiger partial charge on any atom is 0.322 e. The smallest absolute Gasteiger partial charge is 0.322 e. The van der Waals surface area contributed by atoms with Gasteiger partial charge >= 0.3 is 6.03 Å². The maximum absolute atomic E-state index is 11.9. The minimum Gasteiger partial charge on any atom is -0.325 e. The second kappa shape index (κ2) is 5.21. The Hall–Kier alpha value is -2.35. The summed E-state index contributed by atoms with van der Waals surface area (Å²) < 4.78 is 0. The van der Waals surface area contributed by atoms with E-state index in [4.69, 9.17) is 5.73 Å². The van der Waals surface area contributed by atoms with Gasteiger partial charge in [-0.3, -0.25) is 14.9 Å². The zero-order valence-electron chi connectivity index (χ0n) is 11.2. The first-order chi connectivity index (χ1) is 9.52. The molecule has 0 bridgehead atoms. The zero-order valence-corrected chi connectivity index (χ0v) is 11.2. The van der Waals surface area contributed by atoms with Crippen LogP contribution in [0.3, 0.4) is 0 Å². The van der Waals surface area contributed by atoms with Gasteiger partial charge in [0.05, 0.1) is 6.54 Å². The standard InChI is InChI=1S/C13H14N4O3.B/c14-6-10(18)15-9-2-1-7-4-13(5-8(7)3-9)11(19)16-12(20)17-13;/h1-3H,4-6,14H2,(H,15,18)(H2,16,17,19,20);. The van der Waals surface area contributed by atoms with Crippen LogP contribution >= 0.6 is 0 Å². The molecule has 0 aromatic heterocycles. The van der Waals surface area contributed by atoms with Crippen molar-refractivity contribution in [3.05, 3.63) is 29.3 Å². The van der Waals surface area contributed by atoms with E-state index in [0.717, 1.165) is 11.1 Å². The van der Waals surface area contributed by atoms with E-state index in [-0.39, 0.29) is 26.8 Å². The highest BCUT2D eigenvalue weighted by Gasteiger charge is 2.49. The van der Waals surface area contributed by atoms with Crippen LogP contribution in [0.25, 0.3) is 0 Å². The summed E-state index contributed by atoms with van der Waals surface area (Å²) in [4.78, 5) is 34.5. The summed E-state index contributed by atoms with van der Waals surface area (Å²) >= 11 is 0. The highest BCUT2D eigenvalue weighted by atomic mass is 16.2. The second-order valence-electron chi connectivity index (χ2n) is 5.08. The first-order valence-electron chi connectivity index (χ1n) is 6.28. The van der Waals surface area contributed by atoms with E-state index >= 15 is 0 Å². The maximum atomic E-state index is 11.9. The fourth-order valence-corrected chi connectivity index (χ4v) is 2.74. The topological polar surface area (TPSA) is 113 Å². The number of urea groups is 1. The van der Waals surface area contributed by atoms with Crippen LogP contribution < -0.4 is 21.7 Å². The molecule has 1 spiro atoms. The molecule has 8 heteroatoms. The molecule has 1 aliphatic carbocycles. The lowest BCUT2D eigenvalue weighted by Gasteiger charge is -2.18. The van der Waals surface area contributed by atoms with Crippen LogP contribution in [0.4, 0.5) is 10.5 Å². The third-order valence-corrected chi connectivity index (χ3v) is 3.67. The van der Waals surface area contributed by atoms with Crippen molar-refractivity contribution >= 4 is 31.9 Å². The number of nitrogens with two attached hydrogens (primary N) is 1. The van der Waals surface area contributed by atoms with Gasteiger partial charge in [-0.25, -0.2) is 4.79 Å². The molecular weight excluding hydrogens is 271 g/mol. The zero-order chi connectivity index (χ0) is 14.3. The fourth-order valence-electron chi connectivity index (χ4n) is 2.74. The largest absolute Gasteiger partial charge is 0.325 e. The summed E-state index contributed by atoms with van der Waals surface area (Å²) in [6, 6.07) is 4.98. The average Bonchev–Trinajstić information content (AvgIpc) is 2.89. The van der Waals surface area contributed by atoms with Gasteiger partial charge in [0, 0.05) is 26.9 Å². The number of fused-ring (bicyclic) bond motifs is 1. The normalized spacial score (nSPS) is 22.3.